The number of carbonyl (C=O) groups excluding carboxylic acids is 1. The number of aliphatic hydroxyl groups is 3. The zero-order chi connectivity index (χ0) is 22.2. The maximum absolute atomic E-state index is 13.1. The van der Waals surface area contributed by atoms with Gasteiger partial charge in [-0.1, -0.05) is 23.7 Å². The lowest BCUT2D eigenvalue weighted by atomic mass is 9.85. The second kappa shape index (κ2) is 6.45. The highest BCUT2D eigenvalue weighted by Gasteiger charge is 2.75. The van der Waals surface area contributed by atoms with Crippen molar-refractivity contribution >= 4 is 29.5 Å². The second-order valence-electron chi connectivity index (χ2n) is 8.49. The number of nitrogens with zero attached hydrogens (tertiary/aromatic N) is 1. The molecule has 3 aliphatic heterocycles. The first kappa shape index (κ1) is 20.3. The van der Waals surface area contributed by atoms with Crippen LogP contribution in [0.2, 0.25) is 5.02 Å². The summed E-state index contributed by atoms with van der Waals surface area (Å²) in [5.74, 6) is -3.60. The third-order valence-corrected chi connectivity index (χ3v) is 7.08. The molecule has 5 rings (SSSR count). The van der Waals surface area contributed by atoms with Crippen molar-refractivity contribution in [2.24, 2.45) is 0 Å². The molecular weight excluding hydrogens is 428 g/mol. The largest absolute Gasteiger partial charge is 0.454 e. The lowest BCUT2D eigenvalue weighted by molar-refractivity contribution is -0.264. The summed E-state index contributed by atoms with van der Waals surface area (Å²) in [5.41, 5.74) is -1.89. The van der Waals surface area contributed by atoms with Crippen LogP contribution in [0.1, 0.15) is 18.4 Å². The molecule has 3 saturated heterocycles. The van der Waals surface area contributed by atoms with E-state index in [1.54, 1.807) is 24.3 Å². The highest BCUT2D eigenvalue weighted by atomic mass is 35.5. The number of ether oxygens (including phenoxy) is 1. The Bertz CT molecular complexity index is 967. The van der Waals surface area contributed by atoms with Gasteiger partial charge in [-0.3, -0.25) is 15.6 Å². The van der Waals surface area contributed by atoms with Crippen molar-refractivity contribution in [3.8, 4) is 0 Å². The highest BCUT2D eigenvalue weighted by molar-refractivity contribution is 6.30. The topological polar surface area (TPSA) is 174 Å². The number of esters is 1. The van der Waals surface area contributed by atoms with E-state index in [1.807, 2.05) is 0 Å². The van der Waals surface area contributed by atoms with E-state index in [-0.39, 0.29) is 18.5 Å². The van der Waals surface area contributed by atoms with E-state index in [0.717, 1.165) is 5.56 Å². The molecule has 166 valence electrons. The molecule has 0 unspecified atom stereocenters. The first-order chi connectivity index (χ1) is 14.7. The summed E-state index contributed by atoms with van der Waals surface area (Å²) in [6.07, 6.45) is -0.265. The number of nitrogens with one attached hydrogen (secondary N) is 5. The standard InChI is InChI=1S/C19H23ClN6O5/c20-10-3-1-9(2-4-10)17(5-6-17)14(28)31-12-7-26-16(22)23-11(8-27)13-18(26,19(12,29)30)25-15(21)24-13/h1-4,11-13,27,29-30H,5-8H2,(H2,22,23)(H3,21,24,25)/t11-,12-,13-,18-/m0/s1. The zero-order valence-electron chi connectivity index (χ0n) is 16.4. The average Bonchev–Trinajstić information content (AvgIpc) is 3.40. The normalized spacial score (nSPS) is 34.2. The maximum atomic E-state index is 13.1. The van der Waals surface area contributed by atoms with E-state index in [9.17, 15) is 20.1 Å². The van der Waals surface area contributed by atoms with Crippen LogP contribution >= 0.6 is 11.6 Å². The highest BCUT2D eigenvalue weighted by Crippen LogP contribution is 2.51. The smallest absolute Gasteiger partial charge is 0.317 e. The van der Waals surface area contributed by atoms with Crippen molar-refractivity contribution in [2.75, 3.05) is 13.2 Å². The first-order valence-corrected chi connectivity index (χ1v) is 10.3. The third-order valence-electron chi connectivity index (χ3n) is 6.83. The fourth-order valence-electron chi connectivity index (χ4n) is 5.02. The molecule has 0 radical (unpaired) electrons. The third kappa shape index (κ3) is 2.60. The molecule has 4 aliphatic rings. The van der Waals surface area contributed by atoms with Crippen LogP contribution in [0.3, 0.4) is 0 Å². The van der Waals surface area contributed by atoms with Crippen molar-refractivity contribution in [3.63, 3.8) is 0 Å². The minimum atomic E-state index is -2.65. The monoisotopic (exact) mass is 450 g/mol. The van der Waals surface area contributed by atoms with Crippen LogP contribution in [0.4, 0.5) is 0 Å². The Morgan fingerprint density at radius 2 is 1.90 bits per heavy atom. The fraction of sp³-hybridized carbons (Fsp3) is 0.526. The molecular formula is C19H23ClN6O5. The molecule has 1 saturated carbocycles. The maximum Gasteiger partial charge on any atom is 0.317 e. The molecule has 4 fully saturated rings. The summed E-state index contributed by atoms with van der Waals surface area (Å²) in [6, 6.07) is 5.24. The van der Waals surface area contributed by atoms with Crippen LogP contribution in [0, 0.1) is 10.8 Å². The fourth-order valence-corrected chi connectivity index (χ4v) is 5.14. The summed E-state index contributed by atoms with van der Waals surface area (Å²) in [5, 5.41) is 57.3. The van der Waals surface area contributed by atoms with E-state index < -0.39 is 47.6 Å². The Kier molecular flexibility index (Phi) is 4.23. The minimum Gasteiger partial charge on any atom is -0.454 e. The minimum absolute atomic E-state index is 0.177. The quantitative estimate of drug-likeness (QED) is 0.198. The molecule has 4 atom stereocenters. The van der Waals surface area contributed by atoms with E-state index in [0.29, 0.717) is 17.9 Å². The lowest BCUT2D eigenvalue weighted by Gasteiger charge is -2.50. The van der Waals surface area contributed by atoms with Gasteiger partial charge in [0.05, 0.1) is 30.7 Å². The van der Waals surface area contributed by atoms with Gasteiger partial charge in [-0.2, -0.15) is 0 Å². The Labute approximate surface area is 182 Å². The Balaban J connectivity index is 1.45. The van der Waals surface area contributed by atoms with Crippen LogP contribution in [0.5, 0.6) is 0 Å². The molecule has 1 aliphatic carbocycles. The van der Waals surface area contributed by atoms with Gasteiger partial charge < -0.3 is 40.9 Å². The Morgan fingerprint density at radius 1 is 1.23 bits per heavy atom. The molecule has 1 aromatic carbocycles. The predicted octanol–water partition coefficient (Wildman–Crippen LogP) is -1.63. The van der Waals surface area contributed by atoms with Gasteiger partial charge in [-0.25, -0.2) is 0 Å². The SMILES string of the molecule is N=C1N[C@H]2[C@H](CO)NC(=N)N3C[C@H](OC(=O)C4(c5ccc(Cl)cc5)CC4)C(O)(O)[C@]23N1. The number of hydrogen-bond acceptors (Lipinski definition) is 7. The van der Waals surface area contributed by atoms with Crippen molar-refractivity contribution in [1.29, 1.82) is 10.8 Å². The molecule has 1 aromatic rings. The van der Waals surface area contributed by atoms with Gasteiger partial charge in [0.2, 0.25) is 5.79 Å². The molecule has 1 spiro atoms. The van der Waals surface area contributed by atoms with Gasteiger partial charge in [-0.05, 0) is 30.5 Å². The molecule has 11 nitrogen and oxygen atoms in total. The lowest BCUT2D eigenvalue weighted by Crippen LogP contribution is -2.80. The first-order valence-electron chi connectivity index (χ1n) is 9.94. The van der Waals surface area contributed by atoms with Crippen LogP contribution in [0.25, 0.3) is 0 Å². The number of halogens is 1. The molecule has 0 aromatic heterocycles. The zero-order valence-corrected chi connectivity index (χ0v) is 17.1. The number of benzene rings is 1. The van der Waals surface area contributed by atoms with E-state index in [1.165, 1.54) is 4.90 Å². The number of aliphatic hydroxyl groups excluding tert-OH is 1. The molecule has 8 N–H and O–H groups in total. The summed E-state index contributed by atoms with van der Waals surface area (Å²) >= 11 is 5.94. The molecule has 0 bridgehead atoms. The van der Waals surface area contributed by atoms with E-state index in [2.05, 4.69) is 16.0 Å². The van der Waals surface area contributed by atoms with Crippen molar-refractivity contribution in [1.82, 2.24) is 20.9 Å². The van der Waals surface area contributed by atoms with Crippen molar-refractivity contribution in [2.45, 2.75) is 47.9 Å². The summed E-state index contributed by atoms with van der Waals surface area (Å²) in [4.78, 5) is 14.5. The van der Waals surface area contributed by atoms with Crippen molar-refractivity contribution in [3.05, 3.63) is 34.9 Å². The van der Waals surface area contributed by atoms with Gasteiger partial charge in [-0.15, -0.1) is 0 Å². The number of hydrogen-bond donors (Lipinski definition) is 8. The number of guanidine groups is 2. The van der Waals surface area contributed by atoms with E-state index in [4.69, 9.17) is 27.2 Å². The Hall–Kier alpha value is -2.60. The molecule has 0 amide bonds. The summed E-state index contributed by atoms with van der Waals surface area (Å²) in [6.45, 7) is -0.595. The Morgan fingerprint density at radius 3 is 2.52 bits per heavy atom. The molecule has 12 heteroatoms. The van der Waals surface area contributed by atoms with Crippen LogP contribution in [0.15, 0.2) is 24.3 Å². The summed E-state index contributed by atoms with van der Waals surface area (Å²) in [7, 11) is 0. The van der Waals surface area contributed by atoms with Crippen LogP contribution in [-0.2, 0) is 14.9 Å². The van der Waals surface area contributed by atoms with Gasteiger partial charge in [0.25, 0.3) is 0 Å². The van der Waals surface area contributed by atoms with E-state index >= 15 is 0 Å². The predicted molar refractivity (Wildman–Crippen MR) is 108 cm³/mol. The molecule has 3 heterocycles. The van der Waals surface area contributed by atoms with Gasteiger partial charge in [0.15, 0.2) is 23.7 Å². The van der Waals surface area contributed by atoms with Gasteiger partial charge in [0, 0.05) is 5.02 Å². The number of carbonyl (C=O) groups is 1. The second-order valence-corrected chi connectivity index (χ2v) is 8.93. The van der Waals surface area contributed by atoms with Crippen LogP contribution < -0.4 is 16.0 Å². The van der Waals surface area contributed by atoms with Crippen LogP contribution in [-0.4, -0.2) is 80.9 Å². The molecule has 31 heavy (non-hydrogen) atoms. The average molecular weight is 451 g/mol. The summed E-state index contributed by atoms with van der Waals surface area (Å²) < 4.78 is 5.65. The van der Waals surface area contributed by atoms with Gasteiger partial charge in [0.1, 0.15) is 0 Å². The van der Waals surface area contributed by atoms with Crippen molar-refractivity contribution < 1.29 is 24.9 Å². The van der Waals surface area contributed by atoms with Gasteiger partial charge >= 0.3 is 5.97 Å². The number of rotatable bonds is 4.